The molecule has 1 amide bonds. The van der Waals surface area contributed by atoms with Crippen LogP contribution in [-0.4, -0.2) is 47.4 Å². The number of hydrogen-bond acceptors (Lipinski definition) is 5. The average molecular weight is 1130 g/mol. The minimum Gasteiger partial charge on any atom is -0.466 e. The molecule has 0 aromatic carbocycles. The van der Waals surface area contributed by atoms with Crippen molar-refractivity contribution < 1.29 is 24.5 Å². The number of esters is 1. The molecule has 2 atom stereocenters. The van der Waals surface area contributed by atoms with Gasteiger partial charge >= 0.3 is 5.97 Å². The van der Waals surface area contributed by atoms with Gasteiger partial charge in [0.15, 0.2) is 0 Å². The van der Waals surface area contributed by atoms with Crippen molar-refractivity contribution in [2.45, 2.75) is 437 Å². The summed E-state index contributed by atoms with van der Waals surface area (Å²) in [5.41, 5.74) is 0. The predicted molar refractivity (Wildman–Crippen MR) is 352 cm³/mol. The Morgan fingerprint density at radius 3 is 0.887 bits per heavy atom. The summed E-state index contributed by atoms with van der Waals surface area (Å²) in [5.74, 6) is -0.0185. The zero-order chi connectivity index (χ0) is 57.8. The average Bonchev–Trinajstić information content (AvgIpc) is 3.46. The second kappa shape index (κ2) is 70.1. The molecule has 0 saturated heterocycles. The number of carbonyl (C=O) groups is 2. The SMILES string of the molecule is CCCCCCC/C=C\CCCCCCCC(=O)OCCCCCCCCCCCCCCCCCCCCCCCCCCCC(=O)NC(CO)C(O)CCCCCCCCCCCCCCCCCCCCCCCCCC. The zero-order valence-corrected chi connectivity index (χ0v) is 54.6. The molecule has 80 heavy (non-hydrogen) atoms. The van der Waals surface area contributed by atoms with Crippen molar-refractivity contribution in [1.29, 1.82) is 0 Å². The fourth-order valence-electron chi connectivity index (χ4n) is 11.9. The third-order valence-corrected chi connectivity index (χ3v) is 17.6. The van der Waals surface area contributed by atoms with Crippen molar-refractivity contribution in [2.75, 3.05) is 13.2 Å². The van der Waals surface area contributed by atoms with E-state index in [1.165, 1.54) is 347 Å². The standard InChI is InChI=1S/C74H145NO5/c1-3-5-7-9-11-13-15-17-19-20-21-22-23-27-30-33-36-39-42-46-50-54-58-62-66-72(77)71(70-76)75-73(78)67-63-59-55-51-47-43-40-37-34-31-28-25-24-26-29-32-35-38-41-45-49-53-57-61-65-69-80-74(79)68-64-60-56-52-48-44-18-16-14-12-10-8-6-4-2/h16,18,71-72,76-77H,3-15,17,19-70H2,1-2H3,(H,75,78)/b18-16-. The fourth-order valence-corrected chi connectivity index (χ4v) is 11.9. The van der Waals surface area contributed by atoms with Crippen molar-refractivity contribution in [2.24, 2.45) is 0 Å². The molecule has 0 spiro atoms. The Bertz CT molecular complexity index is 1210. The van der Waals surface area contributed by atoms with Crippen LogP contribution in [0.3, 0.4) is 0 Å². The third-order valence-electron chi connectivity index (χ3n) is 17.6. The number of hydrogen-bond donors (Lipinski definition) is 3. The molecule has 476 valence electrons. The van der Waals surface area contributed by atoms with Crippen LogP contribution in [-0.2, 0) is 14.3 Å². The first-order valence-corrected chi connectivity index (χ1v) is 36.9. The smallest absolute Gasteiger partial charge is 0.305 e. The molecule has 0 bridgehead atoms. The Morgan fingerprint density at radius 1 is 0.338 bits per heavy atom. The predicted octanol–water partition coefficient (Wildman–Crippen LogP) is 23.9. The second-order valence-corrected chi connectivity index (χ2v) is 25.6. The highest BCUT2D eigenvalue weighted by atomic mass is 16.5. The lowest BCUT2D eigenvalue weighted by atomic mass is 10.0. The molecule has 0 aromatic rings. The van der Waals surface area contributed by atoms with Gasteiger partial charge in [0.1, 0.15) is 0 Å². The van der Waals surface area contributed by atoms with Crippen LogP contribution < -0.4 is 5.32 Å². The second-order valence-electron chi connectivity index (χ2n) is 25.6. The Morgan fingerprint density at radius 2 is 0.588 bits per heavy atom. The maximum atomic E-state index is 12.6. The largest absolute Gasteiger partial charge is 0.466 e. The molecule has 0 radical (unpaired) electrons. The molecule has 0 aliphatic carbocycles. The maximum Gasteiger partial charge on any atom is 0.305 e. The van der Waals surface area contributed by atoms with Crippen molar-refractivity contribution in [3.05, 3.63) is 12.2 Å². The number of ether oxygens (including phenoxy) is 1. The quantitative estimate of drug-likeness (QED) is 0.0320. The molecule has 0 saturated carbocycles. The van der Waals surface area contributed by atoms with E-state index in [4.69, 9.17) is 4.74 Å². The topological polar surface area (TPSA) is 95.9 Å². The minimum atomic E-state index is -0.664. The molecule has 0 aliphatic heterocycles. The van der Waals surface area contributed by atoms with Crippen molar-refractivity contribution in [3.8, 4) is 0 Å². The lowest BCUT2D eigenvalue weighted by Crippen LogP contribution is -2.45. The minimum absolute atomic E-state index is 0.00914. The van der Waals surface area contributed by atoms with Gasteiger partial charge in [-0.15, -0.1) is 0 Å². The summed E-state index contributed by atoms with van der Waals surface area (Å²) in [6.45, 7) is 4.99. The fraction of sp³-hybridized carbons (Fsp3) is 0.946. The molecule has 0 fully saturated rings. The number of rotatable bonds is 70. The molecule has 6 heteroatoms. The molecular weight excluding hydrogens is 983 g/mol. The Labute approximate surface area is 501 Å². The van der Waals surface area contributed by atoms with Gasteiger partial charge in [0.05, 0.1) is 25.4 Å². The van der Waals surface area contributed by atoms with E-state index >= 15 is 0 Å². The molecule has 0 aliphatic rings. The van der Waals surface area contributed by atoms with Gasteiger partial charge in [-0.25, -0.2) is 0 Å². The van der Waals surface area contributed by atoms with E-state index in [-0.39, 0.29) is 18.5 Å². The summed E-state index contributed by atoms with van der Waals surface area (Å²) in [5, 5.41) is 23.5. The highest BCUT2D eigenvalue weighted by molar-refractivity contribution is 5.76. The molecule has 6 nitrogen and oxygen atoms in total. The first kappa shape index (κ1) is 78.6. The van der Waals surface area contributed by atoms with Crippen LogP contribution >= 0.6 is 0 Å². The van der Waals surface area contributed by atoms with E-state index in [1.807, 2.05) is 0 Å². The number of allylic oxidation sites excluding steroid dienone is 2. The normalized spacial score (nSPS) is 12.5. The Balaban J connectivity index is 3.36. The molecule has 3 N–H and O–H groups in total. The number of unbranched alkanes of at least 4 members (excludes halogenated alkanes) is 57. The molecule has 0 heterocycles. The van der Waals surface area contributed by atoms with Gasteiger partial charge in [0.25, 0.3) is 0 Å². The highest BCUT2D eigenvalue weighted by Crippen LogP contribution is 2.20. The molecule has 0 aromatic heterocycles. The third kappa shape index (κ3) is 65.7. The van der Waals surface area contributed by atoms with Gasteiger partial charge in [-0.05, 0) is 51.4 Å². The van der Waals surface area contributed by atoms with E-state index < -0.39 is 12.1 Å². The number of aliphatic hydroxyl groups is 2. The van der Waals surface area contributed by atoms with E-state index in [1.54, 1.807) is 0 Å². The van der Waals surface area contributed by atoms with Crippen molar-refractivity contribution in [1.82, 2.24) is 5.32 Å². The number of aliphatic hydroxyl groups excluding tert-OH is 2. The van der Waals surface area contributed by atoms with Crippen LogP contribution in [0.25, 0.3) is 0 Å². The highest BCUT2D eigenvalue weighted by Gasteiger charge is 2.20. The van der Waals surface area contributed by atoms with Gasteiger partial charge in [-0.1, -0.05) is 373 Å². The van der Waals surface area contributed by atoms with Gasteiger partial charge in [0, 0.05) is 12.8 Å². The van der Waals surface area contributed by atoms with Crippen LogP contribution in [0.2, 0.25) is 0 Å². The van der Waals surface area contributed by atoms with Crippen LogP contribution in [0.5, 0.6) is 0 Å². The summed E-state index contributed by atoms with van der Waals surface area (Å²) in [4.78, 5) is 24.6. The van der Waals surface area contributed by atoms with Gasteiger partial charge < -0.3 is 20.3 Å². The van der Waals surface area contributed by atoms with Gasteiger partial charge in [0.2, 0.25) is 5.91 Å². The van der Waals surface area contributed by atoms with E-state index in [2.05, 4.69) is 31.3 Å². The number of nitrogens with one attached hydrogen (secondary N) is 1. The van der Waals surface area contributed by atoms with Crippen LogP contribution in [0, 0.1) is 0 Å². The summed E-state index contributed by atoms with van der Waals surface area (Å²) in [7, 11) is 0. The first-order chi connectivity index (χ1) is 39.5. The Kier molecular flexibility index (Phi) is 68.9. The van der Waals surface area contributed by atoms with Crippen LogP contribution in [0.15, 0.2) is 12.2 Å². The van der Waals surface area contributed by atoms with E-state index in [0.717, 1.165) is 44.9 Å². The van der Waals surface area contributed by atoms with Gasteiger partial charge in [-0.2, -0.15) is 0 Å². The monoisotopic (exact) mass is 1130 g/mol. The Hall–Kier alpha value is -1.40. The van der Waals surface area contributed by atoms with Crippen molar-refractivity contribution >= 4 is 11.9 Å². The lowest BCUT2D eigenvalue weighted by molar-refractivity contribution is -0.143. The van der Waals surface area contributed by atoms with E-state index in [0.29, 0.717) is 25.9 Å². The number of amides is 1. The molecule has 2 unspecified atom stereocenters. The first-order valence-electron chi connectivity index (χ1n) is 36.9. The summed E-state index contributed by atoms with van der Waals surface area (Å²) in [6, 6.07) is -0.541. The molecular formula is C74H145NO5. The van der Waals surface area contributed by atoms with Crippen LogP contribution in [0.4, 0.5) is 0 Å². The number of carbonyl (C=O) groups excluding carboxylic acids is 2. The van der Waals surface area contributed by atoms with Gasteiger partial charge in [-0.3, -0.25) is 9.59 Å². The van der Waals surface area contributed by atoms with Crippen LogP contribution in [0.1, 0.15) is 425 Å². The summed E-state index contributed by atoms with van der Waals surface area (Å²) in [6.07, 6.45) is 87.0. The molecule has 0 rings (SSSR count). The maximum absolute atomic E-state index is 12.6. The summed E-state index contributed by atoms with van der Waals surface area (Å²) >= 11 is 0. The van der Waals surface area contributed by atoms with E-state index in [9.17, 15) is 19.8 Å². The van der Waals surface area contributed by atoms with Crippen molar-refractivity contribution in [3.63, 3.8) is 0 Å². The lowest BCUT2D eigenvalue weighted by Gasteiger charge is -2.22. The summed E-state index contributed by atoms with van der Waals surface area (Å²) < 4.78 is 5.49. The zero-order valence-electron chi connectivity index (χ0n) is 54.6.